The smallest absolute Gasteiger partial charge is 0.220 e. The van der Waals surface area contributed by atoms with Crippen molar-refractivity contribution in [1.29, 1.82) is 0 Å². The molecule has 2 aliphatic rings. The van der Waals surface area contributed by atoms with Crippen LogP contribution in [-0.4, -0.2) is 17.1 Å². The van der Waals surface area contributed by atoms with Crippen LogP contribution in [-0.2, 0) is 11.2 Å². The first-order valence-electron chi connectivity index (χ1n) is 7.10. The average molecular weight is 259 g/mol. The Labute approximate surface area is 114 Å². The van der Waals surface area contributed by atoms with Crippen LogP contribution in [0.3, 0.4) is 0 Å². The van der Waals surface area contributed by atoms with Gasteiger partial charge in [0.05, 0.1) is 12.8 Å². The van der Waals surface area contributed by atoms with Gasteiger partial charge in [0.1, 0.15) is 5.76 Å². The molecule has 2 aliphatic carbocycles. The van der Waals surface area contributed by atoms with Crippen LogP contribution in [0.25, 0.3) is 5.57 Å². The van der Waals surface area contributed by atoms with Gasteiger partial charge in [0.25, 0.3) is 0 Å². The molecule has 0 saturated heterocycles. The van der Waals surface area contributed by atoms with E-state index in [1.807, 2.05) is 6.20 Å². The lowest BCUT2D eigenvalue weighted by Crippen LogP contribution is -2.20. The van der Waals surface area contributed by atoms with Crippen LogP contribution in [0.5, 0.6) is 0 Å². The normalized spacial score (nSPS) is 23.6. The number of anilines is 1. The lowest BCUT2D eigenvalue weighted by Gasteiger charge is -2.29. The third kappa shape index (κ3) is 2.09. The topological polar surface area (TPSA) is 61.0 Å². The van der Waals surface area contributed by atoms with Gasteiger partial charge in [0.15, 0.2) is 0 Å². The molecule has 0 radical (unpaired) electrons. The molecule has 0 aliphatic heterocycles. The second kappa shape index (κ2) is 4.83. The summed E-state index contributed by atoms with van der Waals surface area (Å²) >= 11 is 0. The first-order chi connectivity index (χ1) is 9.20. The second-order valence-corrected chi connectivity index (χ2v) is 5.67. The molecule has 4 nitrogen and oxygen atoms in total. The molecule has 0 bridgehead atoms. The Morgan fingerprint density at radius 1 is 1.32 bits per heavy atom. The fraction of sp³-hybridized carbons (Fsp3) is 0.600. The highest BCUT2D eigenvalue weighted by atomic mass is 16.5. The minimum Gasteiger partial charge on any atom is -0.500 e. The molecule has 0 amide bonds. The number of rotatable bonds is 2. The fourth-order valence-electron chi connectivity index (χ4n) is 3.53. The van der Waals surface area contributed by atoms with Crippen molar-refractivity contribution in [3.8, 4) is 0 Å². The van der Waals surface area contributed by atoms with Gasteiger partial charge < -0.3 is 10.5 Å². The number of ether oxygens (including phenoxy) is 1. The molecule has 1 unspecified atom stereocenters. The minimum absolute atomic E-state index is 0.360. The summed E-state index contributed by atoms with van der Waals surface area (Å²) in [7, 11) is 1.77. The van der Waals surface area contributed by atoms with Gasteiger partial charge in [-0.25, -0.2) is 9.97 Å². The van der Waals surface area contributed by atoms with E-state index in [-0.39, 0.29) is 0 Å². The summed E-state index contributed by atoms with van der Waals surface area (Å²) in [5.74, 6) is 2.45. The number of fused-ring (bicyclic) bond motifs is 1. The third-order valence-electron chi connectivity index (χ3n) is 4.36. The Bertz CT molecular complexity index is 518. The summed E-state index contributed by atoms with van der Waals surface area (Å²) in [5.41, 5.74) is 9.32. The molecule has 1 fully saturated rings. The van der Waals surface area contributed by atoms with Crippen LogP contribution in [0.15, 0.2) is 12.0 Å². The number of allylic oxidation sites excluding steroid dienone is 2. The van der Waals surface area contributed by atoms with Gasteiger partial charge in [-0.15, -0.1) is 0 Å². The molecule has 1 atom stereocenters. The highest BCUT2D eigenvalue weighted by Crippen LogP contribution is 2.44. The zero-order valence-corrected chi connectivity index (χ0v) is 11.6. The second-order valence-electron chi connectivity index (χ2n) is 5.67. The van der Waals surface area contributed by atoms with E-state index >= 15 is 0 Å². The molecule has 2 N–H and O–H groups in total. The van der Waals surface area contributed by atoms with E-state index in [1.165, 1.54) is 36.8 Å². The molecular formula is C15H21N3O. The molecule has 3 rings (SSSR count). The number of nitrogen functional groups attached to an aromatic ring is 1. The summed E-state index contributed by atoms with van der Waals surface area (Å²) < 4.78 is 5.70. The van der Waals surface area contributed by atoms with Crippen LogP contribution in [0.2, 0.25) is 0 Å². The van der Waals surface area contributed by atoms with Gasteiger partial charge in [-0.2, -0.15) is 0 Å². The standard InChI is InChI=1S/C15H21N3O/c1-9-7-11-8-17-15(16)18-13(11)12(14(9)19-2)10-5-3-4-6-10/h8-10H,3-7H2,1-2H3,(H2,16,17,18). The van der Waals surface area contributed by atoms with Gasteiger partial charge in [-0.05, 0) is 30.7 Å². The maximum Gasteiger partial charge on any atom is 0.220 e. The van der Waals surface area contributed by atoms with Gasteiger partial charge >= 0.3 is 0 Å². The molecule has 1 aromatic heterocycles. The van der Waals surface area contributed by atoms with E-state index in [0.29, 0.717) is 17.8 Å². The van der Waals surface area contributed by atoms with Crippen LogP contribution in [0, 0.1) is 11.8 Å². The molecule has 1 saturated carbocycles. The predicted molar refractivity (Wildman–Crippen MR) is 75.2 cm³/mol. The van der Waals surface area contributed by atoms with Crippen LogP contribution >= 0.6 is 0 Å². The number of methoxy groups -OCH3 is 1. The Kier molecular flexibility index (Phi) is 3.17. The first kappa shape index (κ1) is 12.5. The van der Waals surface area contributed by atoms with Crippen molar-refractivity contribution in [3.05, 3.63) is 23.2 Å². The van der Waals surface area contributed by atoms with Crippen molar-refractivity contribution in [1.82, 2.24) is 9.97 Å². The number of nitrogens with zero attached hydrogens (tertiary/aromatic N) is 2. The average Bonchev–Trinajstić information content (AvgIpc) is 2.91. The summed E-state index contributed by atoms with van der Waals surface area (Å²) in [6.07, 6.45) is 7.89. The van der Waals surface area contributed by atoms with Crippen molar-refractivity contribution >= 4 is 11.5 Å². The number of hydrogen-bond donors (Lipinski definition) is 1. The van der Waals surface area contributed by atoms with Crippen molar-refractivity contribution in [2.75, 3.05) is 12.8 Å². The minimum atomic E-state index is 0.360. The molecule has 1 heterocycles. The largest absolute Gasteiger partial charge is 0.500 e. The van der Waals surface area contributed by atoms with Crippen LogP contribution in [0.1, 0.15) is 43.9 Å². The van der Waals surface area contributed by atoms with Crippen molar-refractivity contribution < 1.29 is 4.74 Å². The molecule has 0 aromatic carbocycles. The van der Waals surface area contributed by atoms with E-state index in [2.05, 4.69) is 16.9 Å². The highest BCUT2D eigenvalue weighted by Gasteiger charge is 2.33. The SMILES string of the molecule is COC1=C(C2CCCC2)c2nc(N)ncc2CC1C. The number of hydrogen-bond acceptors (Lipinski definition) is 4. The van der Waals surface area contributed by atoms with Crippen molar-refractivity contribution in [2.45, 2.75) is 39.0 Å². The summed E-state index contributed by atoms with van der Waals surface area (Å²) in [4.78, 5) is 8.64. The molecule has 1 aromatic rings. The zero-order chi connectivity index (χ0) is 13.4. The van der Waals surface area contributed by atoms with Gasteiger partial charge in [-0.3, -0.25) is 0 Å². The maximum atomic E-state index is 5.78. The zero-order valence-electron chi connectivity index (χ0n) is 11.6. The van der Waals surface area contributed by atoms with Crippen LogP contribution < -0.4 is 5.73 Å². The van der Waals surface area contributed by atoms with Crippen LogP contribution in [0.4, 0.5) is 5.95 Å². The van der Waals surface area contributed by atoms with E-state index in [0.717, 1.165) is 17.9 Å². The monoisotopic (exact) mass is 259 g/mol. The Morgan fingerprint density at radius 2 is 2.05 bits per heavy atom. The summed E-state index contributed by atoms with van der Waals surface area (Å²) in [5, 5.41) is 0. The molecular weight excluding hydrogens is 238 g/mol. The molecule has 4 heteroatoms. The first-order valence-corrected chi connectivity index (χ1v) is 7.10. The number of aromatic nitrogens is 2. The fourth-order valence-corrected chi connectivity index (χ4v) is 3.53. The van der Waals surface area contributed by atoms with E-state index in [1.54, 1.807) is 7.11 Å². The van der Waals surface area contributed by atoms with Gasteiger partial charge in [0, 0.05) is 17.7 Å². The maximum absolute atomic E-state index is 5.78. The Morgan fingerprint density at radius 3 is 2.74 bits per heavy atom. The molecule has 0 spiro atoms. The summed E-state index contributed by atoms with van der Waals surface area (Å²) in [6, 6.07) is 0. The van der Waals surface area contributed by atoms with E-state index in [4.69, 9.17) is 10.5 Å². The third-order valence-corrected chi connectivity index (χ3v) is 4.36. The predicted octanol–water partition coefficient (Wildman–Crippen LogP) is 2.80. The van der Waals surface area contributed by atoms with Crippen molar-refractivity contribution in [3.63, 3.8) is 0 Å². The van der Waals surface area contributed by atoms with E-state index < -0.39 is 0 Å². The summed E-state index contributed by atoms with van der Waals surface area (Å²) in [6.45, 7) is 2.22. The van der Waals surface area contributed by atoms with Gasteiger partial charge in [0.2, 0.25) is 5.95 Å². The lowest BCUT2D eigenvalue weighted by molar-refractivity contribution is 0.243. The quantitative estimate of drug-likeness (QED) is 0.887. The molecule has 102 valence electrons. The highest BCUT2D eigenvalue weighted by molar-refractivity contribution is 5.72. The van der Waals surface area contributed by atoms with Gasteiger partial charge in [-0.1, -0.05) is 19.8 Å². The van der Waals surface area contributed by atoms with E-state index in [9.17, 15) is 0 Å². The Balaban J connectivity index is 2.14. The van der Waals surface area contributed by atoms with Crippen molar-refractivity contribution in [2.24, 2.45) is 11.8 Å². The number of nitrogens with two attached hydrogens (primary N) is 1. The Hall–Kier alpha value is -1.58. The molecule has 19 heavy (non-hydrogen) atoms. The lowest BCUT2D eigenvalue weighted by atomic mass is 9.81.